The van der Waals surface area contributed by atoms with Gasteiger partial charge >= 0.3 is 0 Å². The topological polar surface area (TPSA) is 20.3 Å². The molecule has 1 amide bonds. The smallest absolute Gasteiger partial charge is 0.254 e. The molecule has 0 spiro atoms. The second kappa shape index (κ2) is 5.58. The van der Waals surface area contributed by atoms with Crippen LogP contribution in [-0.2, 0) is 0 Å². The summed E-state index contributed by atoms with van der Waals surface area (Å²) < 4.78 is 0. The Morgan fingerprint density at radius 3 is 2.68 bits per heavy atom. The van der Waals surface area contributed by atoms with Crippen molar-refractivity contribution in [1.29, 1.82) is 0 Å². The van der Waals surface area contributed by atoms with Crippen molar-refractivity contribution in [1.82, 2.24) is 4.90 Å². The predicted octanol–water partition coefficient (Wildman–Crippen LogP) is 3.77. The molecule has 3 rings (SSSR count). The normalized spacial score (nSPS) is 24.1. The number of amides is 1. The van der Waals surface area contributed by atoms with Gasteiger partial charge in [-0.25, -0.2) is 0 Å². The van der Waals surface area contributed by atoms with Gasteiger partial charge in [-0.05, 0) is 49.8 Å². The predicted molar refractivity (Wildman–Crippen MR) is 79.7 cm³/mol. The van der Waals surface area contributed by atoms with E-state index < -0.39 is 0 Å². The Balaban J connectivity index is 1.78. The van der Waals surface area contributed by atoms with Crippen LogP contribution in [0, 0.1) is 5.92 Å². The fourth-order valence-electron chi connectivity index (χ4n) is 3.68. The summed E-state index contributed by atoms with van der Waals surface area (Å²) in [6.45, 7) is 0.927. The molecule has 2 nitrogen and oxygen atoms in total. The zero-order valence-electron chi connectivity index (χ0n) is 11.2. The van der Waals surface area contributed by atoms with Gasteiger partial charge in [-0.15, -0.1) is 12.6 Å². The summed E-state index contributed by atoms with van der Waals surface area (Å²) >= 11 is 4.33. The minimum atomic E-state index is 0.199. The van der Waals surface area contributed by atoms with Gasteiger partial charge < -0.3 is 4.90 Å². The summed E-state index contributed by atoms with van der Waals surface area (Å²) in [6.07, 6.45) is 7.65. The highest BCUT2D eigenvalue weighted by Gasteiger charge is 2.36. The molecule has 2 aliphatic rings. The van der Waals surface area contributed by atoms with Gasteiger partial charge in [0.15, 0.2) is 0 Å². The molecular formula is C16H21NOS. The molecule has 1 heterocycles. The van der Waals surface area contributed by atoms with Crippen LogP contribution in [0.15, 0.2) is 29.2 Å². The lowest BCUT2D eigenvalue weighted by Gasteiger charge is -2.29. The molecule has 0 bridgehead atoms. The van der Waals surface area contributed by atoms with E-state index in [0.717, 1.165) is 29.3 Å². The average Bonchev–Trinajstić information content (AvgIpc) is 3.08. The van der Waals surface area contributed by atoms with Crippen LogP contribution in [0.1, 0.15) is 48.9 Å². The molecular weight excluding hydrogens is 254 g/mol. The summed E-state index contributed by atoms with van der Waals surface area (Å²) in [5, 5.41) is 0. The van der Waals surface area contributed by atoms with E-state index in [1.54, 1.807) is 0 Å². The van der Waals surface area contributed by atoms with E-state index in [2.05, 4.69) is 17.5 Å². The minimum absolute atomic E-state index is 0.199. The Bertz CT molecular complexity index is 468. The fraction of sp³-hybridized carbons (Fsp3) is 0.562. The zero-order chi connectivity index (χ0) is 13.2. The van der Waals surface area contributed by atoms with Crippen molar-refractivity contribution in [2.75, 3.05) is 6.54 Å². The van der Waals surface area contributed by atoms with E-state index >= 15 is 0 Å². The largest absolute Gasteiger partial charge is 0.335 e. The van der Waals surface area contributed by atoms with Crippen LogP contribution in [-0.4, -0.2) is 23.4 Å². The number of hydrogen-bond donors (Lipinski definition) is 1. The van der Waals surface area contributed by atoms with Gasteiger partial charge in [0, 0.05) is 23.0 Å². The maximum Gasteiger partial charge on any atom is 0.254 e. The quantitative estimate of drug-likeness (QED) is 0.815. The number of rotatable bonds is 2. The summed E-state index contributed by atoms with van der Waals surface area (Å²) in [5.41, 5.74) is 0.789. The highest BCUT2D eigenvalue weighted by atomic mass is 32.1. The van der Waals surface area contributed by atoms with Crippen molar-refractivity contribution in [2.45, 2.75) is 49.5 Å². The molecule has 0 N–H and O–H groups in total. The van der Waals surface area contributed by atoms with Gasteiger partial charge in [0.05, 0.1) is 0 Å². The second-order valence-corrected chi connectivity index (χ2v) is 6.32. The Morgan fingerprint density at radius 2 is 1.95 bits per heavy atom. The third-order valence-corrected chi connectivity index (χ3v) is 4.88. The molecule has 2 fully saturated rings. The molecule has 102 valence electrons. The molecule has 1 atom stereocenters. The maximum atomic E-state index is 12.7. The van der Waals surface area contributed by atoms with Crippen molar-refractivity contribution in [3.8, 4) is 0 Å². The van der Waals surface area contributed by atoms with Crippen LogP contribution in [0.5, 0.6) is 0 Å². The standard InChI is InChI=1S/C16H21NOS/c18-16(13-7-3-8-14(19)11-13)17-10-4-9-15(17)12-5-1-2-6-12/h3,7-8,11-12,15,19H,1-2,4-6,9-10H2. The molecule has 0 radical (unpaired) electrons. The van der Waals surface area contributed by atoms with Crippen molar-refractivity contribution < 1.29 is 4.79 Å². The van der Waals surface area contributed by atoms with E-state index in [-0.39, 0.29) is 5.91 Å². The number of carbonyl (C=O) groups excluding carboxylic acids is 1. The van der Waals surface area contributed by atoms with E-state index in [1.807, 2.05) is 24.3 Å². The fourth-order valence-corrected chi connectivity index (χ4v) is 3.91. The van der Waals surface area contributed by atoms with Crippen molar-refractivity contribution in [2.24, 2.45) is 5.92 Å². The number of carbonyl (C=O) groups is 1. The first-order valence-corrected chi connectivity index (χ1v) is 7.80. The van der Waals surface area contributed by atoms with Gasteiger partial charge in [0.2, 0.25) is 0 Å². The van der Waals surface area contributed by atoms with E-state index in [1.165, 1.54) is 32.1 Å². The molecule has 1 saturated heterocycles. The van der Waals surface area contributed by atoms with Crippen LogP contribution < -0.4 is 0 Å². The SMILES string of the molecule is O=C(c1cccc(S)c1)N1CCCC1C1CCCC1. The van der Waals surface area contributed by atoms with Gasteiger partial charge in [-0.3, -0.25) is 4.79 Å². The Morgan fingerprint density at radius 1 is 1.16 bits per heavy atom. The molecule has 1 aromatic carbocycles. The van der Waals surface area contributed by atoms with Gasteiger partial charge in [-0.2, -0.15) is 0 Å². The molecule has 1 aliphatic heterocycles. The molecule has 1 aliphatic carbocycles. The Labute approximate surface area is 120 Å². The lowest BCUT2D eigenvalue weighted by molar-refractivity contribution is 0.0689. The lowest BCUT2D eigenvalue weighted by atomic mass is 9.95. The monoisotopic (exact) mass is 275 g/mol. The summed E-state index contributed by atoms with van der Waals surface area (Å²) in [5.74, 6) is 0.941. The summed E-state index contributed by atoms with van der Waals surface area (Å²) in [7, 11) is 0. The number of nitrogens with zero attached hydrogens (tertiary/aromatic N) is 1. The third kappa shape index (κ3) is 2.66. The Kier molecular flexibility index (Phi) is 3.83. The number of thiol groups is 1. The van der Waals surface area contributed by atoms with Gasteiger partial charge in [0.25, 0.3) is 5.91 Å². The number of hydrogen-bond acceptors (Lipinski definition) is 2. The Hall–Kier alpha value is -0.960. The average molecular weight is 275 g/mol. The van der Waals surface area contributed by atoms with E-state index in [4.69, 9.17) is 0 Å². The van der Waals surface area contributed by atoms with Crippen LogP contribution in [0.25, 0.3) is 0 Å². The minimum Gasteiger partial charge on any atom is -0.335 e. The molecule has 19 heavy (non-hydrogen) atoms. The maximum absolute atomic E-state index is 12.7. The first kappa shape index (κ1) is 13.0. The van der Waals surface area contributed by atoms with Crippen LogP contribution in [0.2, 0.25) is 0 Å². The molecule has 1 unspecified atom stereocenters. The highest BCUT2D eigenvalue weighted by Crippen LogP contribution is 2.36. The van der Waals surface area contributed by atoms with Crippen LogP contribution >= 0.6 is 12.6 Å². The summed E-state index contributed by atoms with van der Waals surface area (Å²) in [6, 6.07) is 8.11. The molecule has 1 aromatic rings. The van der Waals surface area contributed by atoms with Crippen molar-refractivity contribution >= 4 is 18.5 Å². The second-order valence-electron chi connectivity index (χ2n) is 5.80. The number of likely N-dealkylation sites (tertiary alicyclic amines) is 1. The lowest BCUT2D eigenvalue weighted by Crippen LogP contribution is -2.39. The number of benzene rings is 1. The van der Waals surface area contributed by atoms with Crippen LogP contribution in [0.4, 0.5) is 0 Å². The van der Waals surface area contributed by atoms with Crippen LogP contribution in [0.3, 0.4) is 0 Å². The zero-order valence-corrected chi connectivity index (χ0v) is 12.1. The molecule has 0 aromatic heterocycles. The first-order chi connectivity index (χ1) is 9.25. The third-order valence-electron chi connectivity index (χ3n) is 4.60. The summed E-state index contributed by atoms with van der Waals surface area (Å²) in [4.78, 5) is 15.6. The van der Waals surface area contributed by atoms with Gasteiger partial charge in [-0.1, -0.05) is 18.9 Å². The van der Waals surface area contributed by atoms with Crippen molar-refractivity contribution in [3.63, 3.8) is 0 Å². The molecule has 3 heteroatoms. The molecule has 1 saturated carbocycles. The van der Waals surface area contributed by atoms with Gasteiger partial charge in [0.1, 0.15) is 0 Å². The van der Waals surface area contributed by atoms with E-state index in [9.17, 15) is 4.79 Å². The first-order valence-electron chi connectivity index (χ1n) is 7.36. The van der Waals surface area contributed by atoms with E-state index in [0.29, 0.717) is 6.04 Å². The van der Waals surface area contributed by atoms with Crippen molar-refractivity contribution in [3.05, 3.63) is 29.8 Å². The highest BCUT2D eigenvalue weighted by molar-refractivity contribution is 7.80.